The van der Waals surface area contributed by atoms with Crippen LogP contribution in [0.5, 0.6) is 0 Å². The van der Waals surface area contributed by atoms with E-state index in [0.29, 0.717) is 0 Å². The average molecular weight is 212 g/mol. The Bertz CT molecular complexity index is 371. The number of hydrogen-bond donors (Lipinski definition) is 0. The highest BCUT2D eigenvalue weighted by Gasteiger charge is 2.40. The summed E-state index contributed by atoms with van der Waals surface area (Å²) in [4.78, 5) is 21.7. The van der Waals surface area contributed by atoms with Crippen molar-refractivity contribution < 1.29 is 18.4 Å². The average Bonchev–Trinajstić information content (AvgIpc) is 2.18. The molecule has 0 radical (unpaired) electrons. The Balaban J connectivity index is 2.92. The monoisotopic (exact) mass is 212 g/mol. The van der Waals surface area contributed by atoms with Gasteiger partial charge in [0, 0.05) is 5.56 Å². The summed E-state index contributed by atoms with van der Waals surface area (Å²) in [6.45, 7) is 1.11. The molecule has 0 heterocycles. The number of alkyl halides is 2. The lowest BCUT2D eigenvalue weighted by molar-refractivity contribution is -0.146. The second-order valence-electron chi connectivity index (χ2n) is 3.24. The summed E-state index contributed by atoms with van der Waals surface area (Å²) >= 11 is 0. The number of rotatable bonds is 4. The van der Waals surface area contributed by atoms with Gasteiger partial charge in [-0.1, -0.05) is 30.3 Å². The fourth-order valence-electron chi connectivity index (χ4n) is 1.15. The standard InChI is InChI=1S/C11H10F2O2/c1-8(14)7-10(15)11(12,13)9-5-3-2-4-6-9/h2-6H,7H2,1H3. The first-order valence-corrected chi connectivity index (χ1v) is 4.40. The highest BCUT2D eigenvalue weighted by molar-refractivity contribution is 6.01. The maximum absolute atomic E-state index is 13.4. The van der Waals surface area contributed by atoms with E-state index in [0.717, 1.165) is 19.1 Å². The van der Waals surface area contributed by atoms with Crippen molar-refractivity contribution in [2.24, 2.45) is 0 Å². The third-order valence-electron chi connectivity index (χ3n) is 1.90. The van der Waals surface area contributed by atoms with Crippen LogP contribution in [0.4, 0.5) is 8.78 Å². The fourth-order valence-corrected chi connectivity index (χ4v) is 1.15. The van der Waals surface area contributed by atoms with Gasteiger partial charge in [0.2, 0.25) is 5.78 Å². The van der Waals surface area contributed by atoms with E-state index in [1.54, 1.807) is 6.07 Å². The van der Waals surface area contributed by atoms with E-state index in [-0.39, 0.29) is 5.56 Å². The van der Waals surface area contributed by atoms with Gasteiger partial charge in [-0.05, 0) is 6.92 Å². The number of carbonyl (C=O) groups is 2. The summed E-state index contributed by atoms with van der Waals surface area (Å²) in [5.41, 5.74) is -0.378. The highest BCUT2D eigenvalue weighted by Crippen LogP contribution is 2.29. The molecule has 1 aromatic rings. The summed E-state index contributed by atoms with van der Waals surface area (Å²) in [5, 5.41) is 0. The van der Waals surface area contributed by atoms with Gasteiger partial charge >= 0.3 is 5.92 Å². The molecule has 0 aromatic heterocycles. The quantitative estimate of drug-likeness (QED) is 0.718. The SMILES string of the molecule is CC(=O)CC(=O)C(F)(F)c1ccccc1. The molecule has 2 nitrogen and oxygen atoms in total. The van der Waals surface area contributed by atoms with Crippen LogP contribution < -0.4 is 0 Å². The summed E-state index contributed by atoms with van der Waals surface area (Å²) in [5.74, 6) is -5.50. The van der Waals surface area contributed by atoms with E-state index < -0.39 is 23.9 Å². The number of carbonyl (C=O) groups excluding carboxylic acids is 2. The molecule has 80 valence electrons. The summed E-state index contributed by atoms with van der Waals surface area (Å²) in [6, 6.07) is 6.75. The lowest BCUT2D eigenvalue weighted by atomic mass is 10.0. The minimum Gasteiger partial charge on any atom is -0.300 e. The molecule has 0 spiro atoms. The molecular weight excluding hydrogens is 202 g/mol. The molecule has 15 heavy (non-hydrogen) atoms. The maximum atomic E-state index is 13.4. The van der Waals surface area contributed by atoms with Crippen LogP contribution in [0.25, 0.3) is 0 Å². The lowest BCUT2D eigenvalue weighted by Crippen LogP contribution is -2.27. The smallest absolute Gasteiger partial charge is 0.300 e. The van der Waals surface area contributed by atoms with Gasteiger partial charge in [0.15, 0.2) is 0 Å². The highest BCUT2D eigenvalue weighted by atomic mass is 19.3. The van der Waals surface area contributed by atoms with E-state index in [2.05, 4.69) is 0 Å². The second-order valence-corrected chi connectivity index (χ2v) is 3.24. The number of ketones is 2. The number of benzene rings is 1. The Morgan fingerprint density at radius 1 is 1.20 bits per heavy atom. The van der Waals surface area contributed by atoms with Crippen LogP contribution >= 0.6 is 0 Å². The molecule has 0 unspecified atom stereocenters. The van der Waals surface area contributed by atoms with Crippen molar-refractivity contribution in [3.05, 3.63) is 35.9 Å². The molecule has 0 aliphatic heterocycles. The van der Waals surface area contributed by atoms with Crippen molar-refractivity contribution in [2.45, 2.75) is 19.3 Å². The van der Waals surface area contributed by atoms with Crippen LogP contribution in [0, 0.1) is 0 Å². The Morgan fingerprint density at radius 2 is 1.73 bits per heavy atom. The van der Waals surface area contributed by atoms with Crippen molar-refractivity contribution in [3.63, 3.8) is 0 Å². The first-order valence-electron chi connectivity index (χ1n) is 4.40. The summed E-state index contributed by atoms with van der Waals surface area (Å²) < 4.78 is 26.8. The first kappa shape index (κ1) is 11.5. The van der Waals surface area contributed by atoms with Crippen molar-refractivity contribution in [2.75, 3.05) is 0 Å². The van der Waals surface area contributed by atoms with Crippen molar-refractivity contribution in [1.29, 1.82) is 0 Å². The van der Waals surface area contributed by atoms with Crippen LogP contribution in [0.1, 0.15) is 18.9 Å². The van der Waals surface area contributed by atoms with Gasteiger partial charge in [0.25, 0.3) is 0 Å². The van der Waals surface area contributed by atoms with Gasteiger partial charge in [-0.25, -0.2) is 0 Å². The molecule has 0 saturated heterocycles. The zero-order valence-corrected chi connectivity index (χ0v) is 8.17. The van der Waals surface area contributed by atoms with Crippen LogP contribution in [0.2, 0.25) is 0 Å². The topological polar surface area (TPSA) is 34.1 Å². The molecule has 0 aliphatic carbocycles. The minimum atomic E-state index is -3.58. The molecule has 0 aliphatic rings. The van der Waals surface area contributed by atoms with Crippen LogP contribution in [-0.2, 0) is 15.5 Å². The first-order chi connectivity index (χ1) is 6.94. The number of hydrogen-bond acceptors (Lipinski definition) is 2. The van der Waals surface area contributed by atoms with Crippen LogP contribution in [0.15, 0.2) is 30.3 Å². The van der Waals surface area contributed by atoms with E-state index in [9.17, 15) is 18.4 Å². The van der Waals surface area contributed by atoms with Gasteiger partial charge in [-0.3, -0.25) is 9.59 Å². The van der Waals surface area contributed by atoms with E-state index in [1.807, 2.05) is 0 Å². The number of halogens is 2. The summed E-state index contributed by atoms with van der Waals surface area (Å²) in [7, 11) is 0. The van der Waals surface area contributed by atoms with Gasteiger partial charge in [0.1, 0.15) is 5.78 Å². The molecule has 0 N–H and O–H groups in total. The predicted molar refractivity (Wildman–Crippen MR) is 50.6 cm³/mol. The Labute approximate surface area is 85.9 Å². The summed E-state index contributed by atoms with van der Waals surface area (Å²) in [6.07, 6.45) is -0.734. The molecule has 0 atom stereocenters. The predicted octanol–water partition coefficient (Wildman–Crippen LogP) is 2.33. The molecule has 1 aromatic carbocycles. The van der Waals surface area contributed by atoms with Gasteiger partial charge in [-0.2, -0.15) is 8.78 Å². The molecule has 1 rings (SSSR count). The van der Waals surface area contributed by atoms with Crippen LogP contribution in [-0.4, -0.2) is 11.6 Å². The maximum Gasteiger partial charge on any atom is 0.330 e. The molecule has 0 bridgehead atoms. The van der Waals surface area contributed by atoms with Crippen molar-refractivity contribution in [1.82, 2.24) is 0 Å². The fraction of sp³-hybridized carbons (Fsp3) is 0.273. The van der Waals surface area contributed by atoms with E-state index in [1.165, 1.54) is 12.1 Å². The van der Waals surface area contributed by atoms with E-state index >= 15 is 0 Å². The normalized spacial score (nSPS) is 11.1. The zero-order valence-electron chi connectivity index (χ0n) is 8.17. The van der Waals surface area contributed by atoms with Gasteiger partial charge < -0.3 is 0 Å². The van der Waals surface area contributed by atoms with Crippen molar-refractivity contribution >= 4 is 11.6 Å². The zero-order chi connectivity index (χ0) is 11.5. The molecular formula is C11H10F2O2. The van der Waals surface area contributed by atoms with E-state index in [4.69, 9.17) is 0 Å². The largest absolute Gasteiger partial charge is 0.330 e. The Kier molecular flexibility index (Phi) is 3.29. The van der Waals surface area contributed by atoms with Gasteiger partial charge in [0.05, 0.1) is 6.42 Å². The van der Waals surface area contributed by atoms with Gasteiger partial charge in [-0.15, -0.1) is 0 Å². The third-order valence-corrected chi connectivity index (χ3v) is 1.90. The lowest BCUT2D eigenvalue weighted by Gasteiger charge is -2.14. The van der Waals surface area contributed by atoms with Crippen LogP contribution in [0.3, 0.4) is 0 Å². The third kappa shape index (κ3) is 2.68. The second kappa shape index (κ2) is 4.29. The minimum absolute atomic E-state index is 0.378. The number of Topliss-reactive ketones (excluding diaryl/α,β-unsaturated/α-hetero) is 2. The molecule has 0 saturated carbocycles. The Morgan fingerprint density at radius 3 is 2.20 bits per heavy atom. The van der Waals surface area contributed by atoms with Crippen molar-refractivity contribution in [3.8, 4) is 0 Å². The molecule has 4 heteroatoms. The Hall–Kier alpha value is -1.58. The molecule has 0 amide bonds. The molecule has 0 fully saturated rings.